The molecule has 1 atom stereocenters. The van der Waals surface area contributed by atoms with Crippen molar-refractivity contribution in [1.82, 2.24) is 9.55 Å². The molecule has 0 radical (unpaired) electrons. The molecule has 24 heavy (non-hydrogen) atoms. The van der Waals surface area contributed by atoms with E-state index in [1.807, 2.05) is 43.3 Å². The van der Waals surface area contributed by atoms with Gasteiger partial charge in [-0.05, 0) is 31.2 Å². The van der Waals surface area contributed by atoms with E-state index in [4.69, 9.17) is 0 Å². The normalized spacial score (nSPS) is 15.9. The predicted molar refractivity (Wildman–Crippen MR) is 97.0 cm³/mol. The first-order valence-electron chi connectivity index (χ1n) is 7.74. The van der Waals surface area contributed by atoms with E-state index in [1.54, 1.807) is 11.5 Å². The molecule has 3 rings (SSSR count). The molecule has 1 N–H and O–H groups in total. The minimum Gasteiger partial charge on any atom is -0.378 e. The van der Waals surface area contributed by atoms with Gasteiger partial charge >= 0.3 is 0 Å². The van der Waals surface area contributed by atoms with Crippen LogP contribution in [0.4, 0.5) is 11.4 Å². The number of anilines is 2. The molecule has 1 aliphatic heterocycles. The van der Waals surface area contributed by atoms with Crippen molar-refractivity contribution in [1.29, 1.82) is 0 Å². The molecule has 7 heteroatoms. The lowest BCUT2D eigenvalue weighted by Gasteiger charge is -2.15. The molecule has 126 valence electrons. The number of benzene rings is 1. The number of fused-ring (bicyclic) bond motifs is 1. The zero-order valence-electron chi connectivity index (χ0n) is 13.9. The lowest BCUT2D eigenvalue weighted by molar-refractivity contribution is -0.116. The Hall–Kier alpha value is -2.28. The van der Waals surface area contributed by atoms with Crippen LogP contribution in [-0.4, -0.2) is 35.3 Å². The topological polar surface area (TPSA) is 67.2 Å². The summed E-state index contributed by atoms with van der Waals surface area (Å²) < 4.78 is 1.63. The molecule has 0 aliphatic carbocycles. The molecule has 1 aliphatic rings. The molecule has 2 heterocycles. The van der Waals surface area contributed by atoms with Crippen LogP contribution in [0.1, 0.15) is 18.2 Å². The number of carbonyl (C=O) groups is 1. The van der Waals surface area contributed by atoms with Gasteiger partial charge in [-0.15, -0.1) is 0 Å². The molecule has 6 nitrogen and oxygen atoms in total. The molecular formula is C17H20N4O2S. The number of aromatic nitrogens is 2. The van der Waals surface area contributed by atoms with E-state index in [1.165, 1.54) is 17.8 Å². The van der Waals surface area contributed by atoms with Crippen LogP contribution in [0.15, 0.2) is 40.3 Å². The van der Waals surface area contributed by atoms with Gasteiger partial charge in [-0.25, -0.2) is 4.98 Å². The minimum absolute atomic E-state index is 0.0874. The number of thioether (sulfide) groups is 1. The van der Waals surface area contributed by atoms with Crippen molar-refractivity contribution < 1.29 is 4.79 Å². The number of nitrogens with one attached hydrogen (secondary N) is 1. The molecule has 0 fully saturated rings. The van der Waals surface area contributed by atoms with E-state index in [0.717, 1.165) is 11.4 Å². The molecule has 0 saturated carbocycles. The first-order chi connectivity index (χ1) is 11.4. The highest BCUT2D eigenvalue weighted by Gasteiger charge is 2.27. The summed E-state index contributed by atoms with van der Waals surface area (Å²) in [4.78, 5) is 30.8. The van der Waals surface area contributed by atoms with Crippen molar-refractivity contribution >= 4 is 29.0 Å². The summed E-state index contributed by atoms with van der Waals surface area (Å²) in [6.07, 6.45) is 0.264. The zero-order chi connectivity index (χ0) is 17.3. The van der Waals surface area contributed by atoms with Crippen LogP contribution < -0.4 is 15.8 Å². The van der Waals surface area contributed by atoms with Crippen molar-refractivity contribution in [2.45, 2.75) is 24.5 Å². The number of amides is 1. The summed E-state index contributed by atoms with van der Waals surface area (Å²) in [5.74, 6) is 0.595. The van der Waals surface area contributed by atoms with Gasteiger partial charge in [-0.3, -0.25) is 14.2 Å². The minimum atomic E-state index is -0.147. The van der Waals surface area contributed by atoms with Gasteiger partial charge in [-0.1, -0.05) is 11.8 Å². The van der Waals surface area contributed by atoms with E-state index in [0.29, 0.717) is 16.6 Å². The highest BCUT2D eigenvalue weighted by molar-refractivity contribution is 7.99. The molecule has 1 aromatic heterocycles. The Bertz CT molecular complexity index is 814. The van der Waals surface area contributed by atoms with E-state index < -0.39 is 0 Å². The highest BCUT2D eigenvalue weighted by Crippen LogP contribution is 2.32. The second-order valence-corrected chi connectivity index (χ2v) is 7.03. The Morgan fingerprint density at radius 2 is 2.08 bits per heavy atom. The third kappa shape index (κ3) is 3.46. The van der Waals surface area contributed by atoms with Crippen LogP contribution in [0.2, 0.25) is 0 Å². The Morgan fingerprint density at radius 3 is 2.75 bits per heavy atom. The zero-order valence-corrected chi connectivity index (χ0v) is 14.8. The maximum Gasteiger partial charge on any atom is 0.254 e. The maximum absolute atomic E-state index is 12.3. The van der Waals surface area contributed by atoms with E-state index in [2.05, 4.69) is 10.3 Å². The summed E-state index contributed by atoms with van der Waals surface area (Å²) >= 11 is 1.52. The van der Waals surface area contributed by atoms with Crippen molar-refractivity contribution in [3.8, 4) is 0 Å². The van der Waals surface area contributed by atoms with Gasteiger partial charge in [-0.2, -0.15) is 0 Å². The molecule has 0 bridgehead atoms. The molecule has 0 saturated heterocycles. The predicted octanol–water partition coefficient (Wildman–Crippen LogP) is 2.29. The average Bonchev–Trinajstić information content (AvgIpc) is 2.90. The Balaban J connectivity index is 1.68. The second kappa shape index (κ2) is 6.68. The van der Waals surface area contributed by atoms with E-state index >= 15 is 0 Å². The molecule has 0 spiro atoms. The quantitative estimate of drug-likeness (QED) is 0.862. The molecule has 0 unspecified atom stereocenters. The summed E-state index contributed by atoms with van der Waals surface area (Å²) in [6.45, 7) is 1.81. The Labute approximate surface area is 144 Å². The molecule has 1 amide bonds. The van der Waals surface area contributed by atoms with Gasteiger partial charge in [0.15, 0.2) is 5.16 Å². The molecular weight excluding hydrogens is 324 g/mol. The fraction of sp³-hybridized carbons (Fsp3) is 0.353. The highest BCUT2D eigenvalue weighted by atomic mass is 32.2. The third-order valence-corrected chi connectivity index (χ3v) is 5.00. The molecule has 1 aromatic carbocycles. The van der Waals surface area contributed by atoms with Crippen LogP contribution in [0, 0.1) is 6.92 Å². The summed E-state index contributed by atoms with van der Waals surface area (Å²) in [6, 6.07) is 9.02. The van der Waals surface area contributed by atoms with Gasteiger partial charge in [0.05, 0.1) is 6.04 Å². The van der Waals surface area contributed by atoms with Crippen LogP contribution >= 0.6 is 11.8 Å². The summed E-state index contributed by atoms with van der Waals surface area (Å²) in [7, 11) is 3.94. The average molecular weight is 344 g/mol. The maximum atomic E-state index is 12.3. The van der Waals surface area contributed by atoms with E-state index in [9.17, 15) is 9.59 Å². The SMILES string of the molecule is Cc1cc(=O)n2c(n1)SC[C@@H]2CC(=O)Nc1ccc(N(C)C)cc1. The van der Waals surface area contributed by atoms with Gasteiger partial charge in [0.2, 0.25) is 5.91 Å². The van der Waals surface area contributed by atoms with Crippen molar-refractivity contribution in [2.75, 3.05) is 30.1 Å². The van der Waals surface area contributed by atoms with Gasteiger partial charge < -0.3 is 10.2 Å². The van der Waals surface area contributed by atoms with Crippen molar-refractivity contribution in [2.24, 2.45) is 0 Å². The van der Waals surface area contributed by atoms with E-state index in [-0.39, 0.29) is 23.9 Å². The third-order valence-electron chi connectivity index (χ3n) is 3.91. The molecule has 2 aromatic rings. The summed E-state index contributed by atoms with van der Waals surface area (Å²) in [5, 5.41) is 3.60. The lowest BCUT2D eigenvalue weighted by Crippen LogP contribution is -2.27. The van der Waals surface area contributed by atoms with Crippen LogP contribution in [0.5, 0.6) is 0 Å². The number of aryl methyl sites for hydroxylation is 1. The second-order valence-electron chi connectivity index (χ2n) is 6.05. The number of hydrogen-bond donors (Lipinski definition) is 1. The van der Waals surface area contributed by atoms with Crippen molar-refractivity contribution in [3.05, 3.63) is 46.4 Å². The Kier molecular flexibility index (Phi) is 4.62. The monoisotopic (exact) mass is 344 g/mol. The smallest absolute Gasteiger partial charge is 0.254 e. The summed E-state index contributed by atoms with van der Waals surface area (Å²) in [5.41, 5.74) is 2.45. The van der Waals surface area contributed by atoms with Gasteiger partial charge in [0, 0.05) is 49.4 Å². The van der Waals surface area contributed by atoms with Gasteiger partial charge in [0.1, 0.15) is 0 Å². The van der Waals surface area contributed by atoms with Crippen molar-refractivity contribution in [3.63, 3.8) is 0 Å². The Morgan fingerprint density at radius 1 is 1.38 bits per heavy atom. The van der Waals surface area contributed by atoms with Crippen LogP contribution in [0.25, 0.3) is 0 Å². The number of rotatable bonds is 4. The lowest BCUT2D eigenvalue weighted by atomic mass is 10.2. The fourth-order valence-electron chi connectivity index (χ4n) is 2.68. The first kappa shape index (κ1) is 16.6. The largest absolute Gasteiger partial charge is 0.378 e. The number of hydrogen-bond acceptors (Lipinski definition) is 5. The first-order valence-corrected chi connectivity index (χ1v) is 8.73. The van der Waals surface area contributed by atoms with Gasteiger partial charge in [0.25, 0.3) is 5.56 Å². The van der Waals surface area contributed by atoms with Crippen LogP contribution in [0.3, 0.4) is 0 Å². The van der Waals surface area contributed by atoms with Crippen LogP contribution in [-0.2, 0) is 4.79 Å². The fourth-order valence-corrected chi connectivity index (χ4v) is 3.88. The number of nitrogens with zero attached hydrogens (tertiary/aromatic N) is 3. The standard InChI is InChI=1S/C17H20N4O2S/c1-11-8-16(23)21-14(10-24-17(21)18-11)9-15(22)19-12-4-6-13(7-5-12)20(2)3/h4-8,14H,9-10H2,1-3H3,(H,19,22)/t14-/m0/s1. The number of carbonyl (C=O) groups excluding carboxylic acids is 1.